The molecule has 0 saturated carbocycles. The number of aromatic nitrogens is 3. The first-order valence-corrected chi connectivity index (χ1v) is 7.64. The number of hydrogen-bond acceptors (Lipinski definition) is 3. The van der Waals surface area contributed by atoms with E-state index in [1.807, 2.05) is 0 Å². The minimum atomic E-state index is -0.410. The van der Waals surface area contributed by atoms with Crippen molar-refractivity contribution < 1.29 is 4.39 Å². The average molecular weight is 367 g/mol. The Morgan fingerprint density at radius 2 is 1.96 bits per heavy atom. The van der Waals surface area contributed by atoms with Gasteiger partial charge in [0, 0.05) is 0 Å². The highest BCUT2D eigenvalue weighted by atomic mass is 35.5. The molecule has 0 aliphatic rings. The van der Waals surface area contributed by atoms with Crippen molar-refractivity contribution in [3.8, 4) is 11.4 Å². The van der Waals surface area contributed by atoms with Crippen LogP contribution in [0.4, 0.5) is 4.39 Å². The van der Waals surface area contributed by atoms with Crippen LogP contribution in [0.25, 0.3) is 11.4 Å². The third-order valence-corrected chi connectivity index (χ3v) is 4.03. The highest BCUT2D eigenvalue weighted by molar-refractivity contribution is 7.71. The number of aromatic amines is 1. The SMILES string of the molecule is Fc1ccccc1-c1n[nH]c(=S)n1/N=C/c1ccc(Cl)c(Cl)c1. The third kappa shape index (κ3) is 3.34. The maximum atomic E-state index is 13.9. The van der Waals surface area contributed by atoms with Crippen LogP contribution >= 0.6 is 35.4 Å². The van der Waals surface area contributed by atoms with Crippen molar-refractivity contribution in [2.75, 3.05) is 0 Å². The second-order valence-electron chi connectivity index (χ2n) is 4.56. The molecule has 1 N–H and O–H groups in total. The van der Waals surface area contributed by atoms with E-state index in [0.29, 0.717) is 15.6 Å². The molecule has 0 atom stereocenters. The lowest BCUT2D eigenvalue weighted by Gasteiger charge is -2.02. The zero-order chi connectivity index (χ0) is 16.4. The summed E-state index contributed by atoms with van der Waals surface area (Å²) in [7, 11) is 0. The number of nitrogens with one attached hydrogen (secondary N) is 1. The lowest BCUT2D eigenvalue weighted by Crippen LogP contribution is -1.96. The molecule has 0 bridgehead atoms. The van der Waals surface area contributed by atoms with E-state index in [1.165, 1.54) is 17.0 Å². The van der Waals surface area contributed by atoms with Gasteiger partial charge in [-0.1, -0.05) is 41.4 Å². The summed E-state index contributed by atoms with van der Waals surface area (Å²) in [6, 6.07) is 11.3. The van der Waals surface area contributed by atoms with Crippen LogP contribution in [0.15, 0.2) is 47.6 Å². The van der Waals surface area contributed by atoms with E-state index in [2.05, 4.69) is 15.3 Å². The largest absolute Gasteiger partial charge is 0.250 e. The summed E-state index contributed by atoms with van der Waals surface area (Å²) in [6.45, 7) is 0. The van der Waals surface area contributed by atoms with E-state index in [0.717, 1.165) is 5.56 Å². The fourth-order valence-electron chi connectivity index (χ4n) is 1.93. The quantitative estimate of drug-likeness (QED) is 0.527. The van der Waals surface area contributed by atoms with Crippen molar-refractivity contribution in [2.45, 2.75) is 0 Å². The van der Waals surface area contributed by atoms with Gasteiger partial charge in [0.2, 0.25) is 4.77 Å². The Labute approximate surface area is 146 Å². The molecular formula is C15H9Cl2FN4S. The van der Waals surface area contributed by atoms with E-state index in [-0.39, 0.29) is 10.6 Å². The van der Waals surface area contributed by atoms with Gasteiger partial charge >= 0.3 is 0 Å². The number of benzene rings is 2. The number of halogens is 3. The fourth-order valence-corrected chi connectivity index (χ4v) is 2.42. The highest BCUT2D eigenvalue weighted by Gasteiger charge is 2.12. The smallest absolute Gasteiger partial charge is 0.216 e. The van der Waals surface area contributed by atoms with Crippen LogP contribution in [0.5, 0.6) is 0 Å². The van der Waals surface area contributed by atoms with Crippen molar-refractivity contribution in [1.82, 2.24) is 14.9 Å². The maximum absolute atomic E-state index is 13.9. The summed E-state index contributed by atoms with van der Waals surface area (Å²) >= 11 is 17.0. The predicted octanol–water partition coefficient (Wildman–Crippen LogP) is 4.94. The number of hydrogen-bond donors (Lipinski definition) is 1. The van der Waals surface area contributed by atoms with Crippen LogP contribution < -0.4 is 0 Å². The van der Waals surface area contributed by atoms with E-state index in [9.17, 15) is 4.39 Å². The molecule has 0 aliphatic carbocycles. The summed E-state index contributed by atoms with van der Waals surface area (Å²) in [5, 5.41) is 11.8. The summed E-state index contributed by atoms with van der Waals surface area (Å²) in [5.74, 6) is -0.128. The molecule has 1 aromatic heterocycles. The molecule has 3 rings (SSSR count). The molecule has 0 amide bonds. The van der Waals surface area contributed by atoms with Crippen LogP contribution in [0.1, 0.15) is 5.56 Å². The van der Waals surface area contributed by atoms with E-state index in [1.54, 1.807) is 36.4 Å². The minimum absolute atomic E-state index is 0.250. The average Bonchev–Trinajstić information content (AvgIpc) is 2.90. The molecule has 23 heavy (non-hydrogen) atoms. The van der Waals surface area contributed by atoms with Crippen molar-refractivity contribution in [3.05, 3.63) is 68.7 Å². The second-order valence-corrected chi connectivity index (χ2v) is 5.76. The zero-order valence-electron chi connectivity index (χ0n) is 11.5. The molecule has 8 heteroatoms. The Morgan fingerprint density at radius 3 is 2.70 bits per heavy atom. The Balaban J connectivity index is 2.02. The van der Waals surface area contributed by atoms with Gasteiger partial charge < -0.3 is 0 Å². The molecule has 2 aromatic carbocycles. The molecule has 0 aliphatic heterocycles. The van der Waals surface area contributed by atoms with Gasteiger partial charge in [0.15, 0.2) is 5.82 Å². The van der Waals surface area contributed by atoms with Gasteiger partial charge in [-0.3, -0.25) is 0 Å². The first-order valence-electron chi connectivity index (χ1n) is 6.48. The van der Waals surface area contributed by atoms with Gasteiger partial charge in [0.25, 0.3) is 0 Å². The van der Waals surface area contributed by atoms with Crippen LogP contribution in [0, 0.1) is 10.6 Å². The second kappa shape index (κ2) is 6.62. The molecule has 0 saturated heterocycles. The first-order chi connectivity index (χ1) is 11.1. The van der Waals surface area contributed by atoms with E-state index < -0.39 is 5.82 Å². The Morgan fingerprint density at radius 1 is 1.17 bits per heavy atom. The van der Waals surface area contributed by atoms with Crippen molar-refractivity contribution in [1.29, 1.82) is 0 Å². The van der Waals surface area contributed by atoms with Crippen molar-refractivity contribution >= 4 is 41.6 Å². The topological polar surface area (TPSA) is 46.0 Å². The molecule has 116 valence electrons. The van der Waals surface area contributed by atoms with Gasteiger partial charge in [-0.05, 0) is 42.0 Å². The monoisotopic (exact) mass is 366 g/mol. The zero-order valence-corrected chi connectivity index (χ0v) is 13.8. The molecule has 3 aromatic rings. The summed E-state index contributed by atoms with van der Waals surface area (Å²) in [6.07, 6.45) is 1.54. The van der Waals surface area contributed by atoms with Gasteiger partial charge in [0.05, 0.1) is 21.8 Å². The normalized spacial score (nSPS) is 11.3. The molecule has 0 spiro atoms. The van der Waals surface area contributed by atoms with Crippen molar-refractivity contribution in [2.24, 2.45) is 5.10 Å². The Kier molecular flexibility index (Phi) is 4.56. The Hall–Kier alpha value is -2.02. The van der Waals surface area contributed by atoms with Crippen LogP contribution in [-0.2, 0) is 0 Å². The van der Waals surface area contributed by atoms with E-state index >= 15 is 0 Å². The summed E-state index contributed by atoms with van der Waals surface area (Å²) in [4.78, 5) is 0. The van der Waals surface area contributed by atoms with Gasteiger partial charge in [-0.15, -0.1) is 0 Å². The van der Waals surface area contributed by atoms with E-state index in [4.69, 9.17) is 35.4 Å². The number of H-pyrrole nitrogens is 1. The van der Waals surface area contributed by atoms with Crippen molar-refractivity contribution in [3.63, 3.8) is 0 Å². The molecule has 0 radical (unpaired) electrons. The molecule has 0 fully saturated rings. The Bertz CT molecular complexity index is 949. The summed E-state index contributed by atoms with van der Waals surface area (Å²) < 4.78 is 15.5. The predicted molar refractivity (Wildman–Crippen MR) is 92.3 cm³/mol. The highest BCUT2D eigenvalue weighted by Crippen LogP contribution is 2.23. The molecule has 4 nitrogen and oxygen atoms in total. The third-order valence-electron chi connectivity index (χ3n) is 3.03. The van der Waals surface area contributed by atoms with Gasteiger partial charge in [-0.25, -0.2) is 9.49 Å². The fraction of sp³-hybridized carbons (Fsp3) is 0. The standard InChI is InChI=1S/C15H9Cl2FN4S/c16-11-6-5-9(7-12(11)17)8-19-22-14(20-21-15(22)23)10-3-1-2-4-13(10)18/h1-8H,(H,21,23)/b19-8+. The molecule has 1 heterocycles. The first kappa shape index (κ1) is 15.9. The molecule has 0 unspecified atom stereocenters. The van der Waals surface area contributed by atoms with Crippen LogP contribution in [0.3, 0.4) is 0 Å². The lowest BCUT2D eigenvalue weighted by atomic mass is 10.2. The van der Waals surface area contributed by atoms with Gasteiger partial charge in [0.1, 0.15) is 5.82 Å². The minimum Gasteiger partial charge on any atom is -0.250 e. The van der Waals surface area contributed by atoms with Gasteiger partial charge in [-0.2, -0.15) is 14.9 Å². The maximum Gasteiger partial charge on any atom is 0.216 e. The molecular weight excluding hydrogens is 358 g/mol. The number of rotatable bonds is 3. The lowest BCUT2D eigenvalue weighted by molar-refractivity contribution is 0.628. The van der Waals surface area contributed by atoms with Crippen LogP contribution in [-0.4, -0.2) is 21.1 Å². The van der Waals surface area contributed by atoms with Crippen LogP contribution in [0.2, 0.25) is 10.0 Å². The summed E-state index contributed by atoms with van der Waals surface area (Å²) in [5.41, 5.74) is 1.02. The number of nitrogens with zero attached hydrogens (tertiary/aromatic N) is 3.